The number of nitrogens with one attached hydrogen (secondary N) is 1. The van der Waals surface area contributed by atoms with Gasteiger partial charge in [-0.3, -0.25) is 5.32 Å². The highest BCUT2D eigenvalue weighted by Gasteiger charge is 2.20. The average Bonchev–Trinajstić information content (AvgIpc) is 2.48. The molecule has 22 heavy (non-hydrogen) atoms. The van der Waals surface area contributed by atoms with E-state index in [0.29, 0.717) is 11.4 Å². The van der Waals surface area contributed by atoms with Gasteiger partial charge in [0.05, 0.1) is 7.11 Å². The van der Waals surface area contributed by atoms with Crippen LogP contribution in [0.5, 0.6) is 5.75 Å². The molecule has 0 spiro atoms. The minimum atomic E-state index is -1.07. The van der Waals surface area contributed by atoms with Crippen molar-refractivity contribution in [1.82, 2.24) is 0 Å². The lowest BCUT2D eigenvalue weighted by Gasteiger charge is -2.28. The molecule has 0 saturated heterocycles. The van der Waals surface area contributed by atoms with Crippen LogP contribution in [0.15, 0.2) is 24.3 Å². The number of anilines is 1. The molecule has 1 aromatic rings. The van der Waals surface area contributed by atoms with Crippen LogP contribution in [-0.4, -0.2) is 18.3 Å². The second kappa shape index (κ2) is 9.34. The summed E-state index contributed by atoms with van der Waals surface area (Å²) in [6.45, 7) is 7.11. The molecule has 0 aromatic heterocycles. The number of carboxylic acid groups (broad SMARTS) is 1. The molecule has 1 aliphatic carbocycles. The van der Waals surface area contributed by atoms with E-state index in [1.54, 1.807) is 31.4 Å². The van der Waals surface area contributed by atoms with Gasteiger partial charge in [0.1, 0.15) is 5.75 Å². The minimum absolute atomic E-state index is 0.531. The number of rotatable bonds is 3. The predicted octanol–water partition coefficient (Wildman–Crippen LogP) is 5.25. The molecule has 2 N–H and O–H groups in total. The van der Waals surface area contributed by atoms with E-state index in [1.807, 2.05) is 0 Å². The summed E-state index contributed by atoms with van der Waals surface area (Å²) in [6.07, 6.45) is 4.85. The molecule has 2 rings (SSSR count). The molecular weight excluding hydrogens is 278 g/mol. The Hall–Kier alpha value is -1.71. The quantitative estimate of drug-likeness (QED) is 0.801. The Labute approximate surface area is 133 Å². The molecule has 1 fully saturated rings. The van der Waals surface area contributed by atoms with Gasteiger partial charge in [-0.25, -0.2) is 4.79 Å². The maximum Gasteiger partial charge on any atom is 0.409 e. The molecule has 1 aromatic carbocycles. The summed E-state index contributed by atoms with van der Waals surface area (Å²) in [6, 6.07) is 6.64. The van der Waals surface area contributed by atoms with E-state index in [4.69, 9.17) is 9.84 Å². The SMILES string of the molecule is CC1CCC(C(C)C)CC1.COc1ccc(NC(=O)O)cc1. The number of amides is 1. The van der Waals surface area contributed by atoms with E-state index in [-0.39, 0.29) is 0 Å². The van der Waals surface area contributed by atoms with Gasteiger partial charge in [0.2, 0.25) is 0 Å². The Kier molecular flexibility index (Phi) is 7.78. The first-order chi connectivity index (χ1) is 10.4. The highest BCUT2D eigenvalue weighted by Crippen LogP contribution is 2.32. The monoisotopic (exact) mass is 307 g/mol. The Morgan fingerprint density at radius 2 is 1.73 bits per heavy atom. The van der Waals surface area contributed by atoms with Crippen LogP contribution in [0.3, 0.4) is 0 Å². The molecule has 1 aliphatic rings. The van der Waals surface area contributed by atoms with Crippen LogP contribution >= 0.6 is 0 Å². The maximum absolute atomic E-state index is 10.2. The Morgan fingerprint density at radius 1 is 1.18 bits per heavy atom. The number of carbonyl (C=O) groups is 1. The second-order valence-electron chi connectivity index (χ2n) is 6.42. The van der Waals surface area contributed by atoms with Crippen LogP contribution in [0.25, 0.3) is 0 Å². The van der Waals surface area contributed by atoms with Gasteiger partial charge in [-0.05, 0) is 54.9 Å². The summed E-state index contributed by atoms with van der Waals surface area (Å²) in [7, 11) is 1.56. The zero-order valence-electron chi connectivity index (χ0n) is 14.1. The van der Waals surface area contributed by atoms with Crippen LogP contribution in [0.2, 0.25) is 0 Å². The van der Waals surface area contributed by atoms with Crippen LogP contribution in [0.4, 0.5) is 10.5 Å². The number of ether oxygens (including phenoxy) is 1. The first-order valence-electron chi connectivity index (χ1n) is 8.06. The van der Waals surface area contributed by atoms with Gasteiger partial charge in [-0.2, -0.15) is 0 Å². The fraction of sp³-hybridized carbons (Fsp3) is 0.611. The van der Waals surface area contributed by atoms with Gasteiger partial charge < -0.3 is 9.84 Å². The maximum atomic E-state index is 10.2. The zero-order chi connectivity index (χ0) is 16.5. The van der Waals surface area contributed by atoms with Crippen molar-refractivity contribution >= 4 is 11.8 Å². The Morgan fingerprint density at radius 3 is 2.14 bits per heavy atom. The highest BCUT2D eigenvalue weighted by molar-refractivity contribution is 5.82. The van der Waals surface area contributed by atoms with Crippen molar-refractivity contribution < 1.29 is 14.6 Å². The largest absolute Gasteiger partial charge is 0.497 e. The summed E-state index contributed by atoms with van der Waals surface area (Å²) in [5, 5.41) is 10.6. The molecule has 4 nitrogen and oxygen atoms in total. The van der Waals surface area contributed by atoms with Crippen LogP contribution in [0, 0.1) is 17.8 Å². The second-order valence-corrected chi connectivity index (χ2v) is 6.42. The molecule has 0 unspecified atom stereocenters. The molecule has 1 saturated carbocycles. The van der Waals surface area contributed by atoms with E-state index in [2.05, 4.69) is 26.1 Å². The smallest absolute Gasteiger partial charge is 0.409 e. The van der Waals surface area contributed by atoms with E-state index in [9.17, 15) is 4.79 Å². The van der Waals surface area contributed by atoms with Crippen molar-refractivity contribution in [2.45, 2.75) is 46.5 Å². The third kappa shape index (κ3) is 6.83. The van der Waals surface area contributed by atoms with Crippen LogP contribution < -0.4 is 10.1 Å². The van der Waals surface area contributed by atoms with Crippen molar-refractivity contribution in [2.24, 2.45) is 17.8 Å². The molecule has 0 bridgehead atoms. The van der Waals surface area contributed by atoms with Crippen molar-refractivity contribution in [3.8, 4) is 5.75 Å². The molecular formula is C18H29NO3. The Bertz CT molecular complexity index is 434. The van der Waals surface area contributed by atoms with Crippen molar-refractivity contribution in [1.29, 1.82) is 0 Å². The predicted molar refractivity (Wildman–Crippen MR) is 90.6 cm³/mol. The summed E-state index contributed by atoms with van der Waals surface area (Å²) < 4.78 is 4.90. The molecule has 0 heterocycles. The summed E-state index contributed by atoms with van der Waals surface area (Å²) >= 11 is 0. The average molecular weight is 307 g/mol. The van der Waals surface area contributed by atoms with Crippen LogP contribution in [0.1, 0.15) is 46.5 Å². The third-order valence-electron chi connectivity index (χ3n) is 4.34. The van der Waals surface area contributed by atoms with Crippen molar-refractivity contribution in [3.63, 3.8) is 0 Å². The minimum Gasteiger partial charge on any atom is -0.497 e. The third-order valence-corrected chi connectivity index (χ3v) is 4.34. The normalized spacial score (nSPS) is 20.8. The standard InChI is InChI=1S/C10H20.C8H9NO3/c1-8(2)10-6-4-9(3)5-7-10;1-12-7-4-2-6(3-5-7)9-8(10)11/h8-10H,4-7H2,1-3H3;2-5,9H,1H3,(H,10,11). The van der Waals surface area contributed by atoms with Gasteiger partial charge in [0.15, 0.2) is 0 Å². The van der Waals surface area contributed by atoms with Gasteiger partial charge in [-0.15, -0.1) is 0 Å². The summed E-state index contributed by atoms with van der Waals surface area (Å²) in [5.41, 5.74) is 0.531. The molecule has 124 valence electrons. The van der Waals surface area contributed by atoms with Gasteiger partial charge in [0, 0.05) is 5.69 Å². The van der Waals surface area contributed by atoms with Gasteiger partial charge in [0.25, 0.3) is 0 Å². The lowest BCUT2D eigenvalue weighted by Crippen LogP contribution is -2.16. The number of hydrogen-bond donors (Lipinski definition) is 2. The van der Waals surface area contributed by atoms with Crippen molar-refractivity contribution in [2.75, 3.05) is 12.4 Å². The number of methoxy groups -OCH3 is 1. The van der Waals surface area contributed by atoms with Crippen LogP contribution in [-0.2, 0) is 0 Å². The molecule has 1 amide bonds. The molecule has 0 aliphatic heterocycles. The molecule has 4 heteroatoms. The topological polar surface area (TPSA) is 58.6 Å². The lowest BCUT2D eigenvalue weighted by molar-refractivity contribution is 0.209. The van der Waals surface area contributed by atoms with Gasteiger partial charge in [-0.1, -0.05) is 33.6 Å². The zero-order valence-corrected chi connectivity index (χ0v) is 14.1. The first-order valence-corrected chi connectivity index (χ1v) is 8.06. The highest BCUT2D eigenvalue weighted by atomic mass is 16.5. The molecule has 0 atom stereocenters. The fourth-order valence-electron chi connectivity index (χ4n) is 2.75. The first kappa shape index (κ1) is 18.3. The van der Waals surface area contributed by atoms with E-state index >= 15 is 0 Å². The summed E-state index contributed by atoms with van der Waals surface area (Å²) in [5.74, 6) is 3.67. The summed E-state index contributed by atoms with van der Waals surface area (Å²) in [4.78, 5) is 10.2. The van der Waals surface area contributed by atoms with E-state index in [0.717, 1.165) is 17.8 Å². The van der Waals surface area contributed by atoms with Gasteiger partial charge >= 0.3 is 6.09 Å². The van der Waals surface area contributed by atoms with E-state index in [1.165, 1.54) is 25.7 Å². The van der Waals surface area contributed by atoms with Crippen molar-refractivity contribution in [3.05, 3.63) is 24.3 Å². The number of hydrogen-bond acceptors (Lipinski definition) is 2. The van der Waals surface area contributed by atoms with E-state index < -0.39 is 6.09 Å². The Balaban J connectivity index is 0.000000224. The fourth-order valence-corrected chi connectivity index (χ4v) is 2.75. The molecule has 0 radical (unpaired) electrons. The number of benzene rings is 1. The lowest BCUT2D eigenvalue weighted by atomic mass is 9.78.